The summed E-state index contributed by atoms with van der Waals surface area (Å²) < 4.78 is 5.38. The van der Waals surface area contributed by atoms with Crippen molar-refractivity contribution in [2.45, 2.75) is 39.0 Å². The van der Waals surface area contributed by atoms with Crippen LogP contribution in [0.4, 0.5) is 0 Å². The van der Waals surface area contributed by atoms with Crippen LogP contribution in [0.2, 0.25) is 0 Å². The maximum Gasteiger partial charge on any atom is 0.356 e. The van der Waals surface area contributed by atoms with Crippen molar-refractivity contribution in [2.75, 3.05) is 0 Å². The number of carboxylic acids is 1. The number of hydrogen-bond acceptors (Lipinski definition) is 8. The van der Waals surface area contributed by atoms with Crippen LogP contribution in [0.5, 0.6) is 0 Å². The van der Waals surface area contributed by atoms with Crippen LogP contribution in [-0.2, 0) is 19.3 Å². The van der Waals surface area contributed by atoms with Crippen molar-refractivity contribution >= 4 is 23.1 Å². The Kier molecular flexibility index (Phi) is 4.53. The lowest BCUT2D eigenvalue weighted by atomic mass is 9.94. The maximum absolute atomic E-state index is 12.8. The van der Waals surface area contributed by atoms with Crippen LogP contribution < -0.4 is 0 Å². The minimum absolute atomic E-state index is 0.0212. The molecule has 0 spiro atoms. The molecule has 0 radical (unpaired) electrons. The lowest BCUT2D eigenvalue weighted by Crippen LogP contribution is -2.14. The van der Waals surface area contributed by atoms with Gasteiger partial charge in [-0.25, -0.2) is 14.8 Å². The molecular weight excluding hydrogens is 368 g/mol. The third kappa shape index (κ3) is 3.25. The Balaban J connectivity index is 1.75. The highest BCUT2D eigenvalue weighted by molar-refractivity contribution is 7.12. The van der Waals surface area contributed by atoms with Crippen LogP contribution in [-0.4, -0.2) is 37.0 Å². The van der Waals surface area contributed by atoms with Crippen LogP contribution in [0.15, 0.2) is 16.9 Å². The smallest absolute Gasteiger partial charge is 0.356 e. The zero-order valence-electron chi connectivity index (χ0n) is 14.6. The Hall–Kier alpha value is -2.94. The van der Waals surface area contributed by atoms with Crippen molar-refractivity contribution in [3.63, 3.8) is 0 Å². The molecule has 0 aliphatic heterocycles. The summed E-state index contributed by atoms with van der Waals surface area (Å²) in [5.74, 6) is -0.728. The van der Waals surface area contributed by atoms with E-state index in [1.54, 1.807) is 18.3 Å². The molecule has 0 amide bonds. The number of ketones is 1. The van der Waals surface area contributed by atoms with E-state index < -0.39 is 11.8 Å². The first-order valence-corrected chi connectivity index (χ1v) is 9.38. The first kappa shape index (κ1) is 17.5. The number of Topliss-reactive ketones (excluding diaryl/α,β-unsaturated/α-hetero) is 1. The molecule has 3 heterocycles. The van der Waals surface area contributed by atoms with E-state index in [4.69, 9.17) is 4.52 Å². The van der Waals surface area contributed by atoms with Gasteiger partial charge in [0.25, 0.3) is 5.89 Å². The average Bonchev–Trinajstić information content (AvgIpc) is 3.24. The molecule has 3 aromatic rings. The van der Waals surface area contributed by atoms with Gasteiger partial charge in [0, 0.05) is 28.6 Å². The Labute approximate surface area is 158 Å². The quantitative estimate of drug-likeness (QED) is 0.667. The number of nitrogens with zero attached hydrogens (tertiary/aromatic N) is 4. The lowest BCUT2D eigenvalue weighted by Gasteiger charge is -2.11. The third-order valence-electron chi connectivity index (χ3n) is 4.47. The largest absolute Gasteiger partial charge is 0.476 e. The number of thiophene rings is 1. The number of aromatic nitrogens is 4. The maximum atomic E-state index is 12.8. The van der Waals surface area contributed by atoms with E-state index in [0.717, 1.165) is 41.7 Å². The molecule has 0 fully saturated rings. The SMILES string of the molecule is Cc1noc(-c2c(CC(=O)c3nccnc3C(=O)O)sc3c2CCCC3)n1. The predicted octanol–water partition coefficient (Wildman–Crippen LogP) is 2.90. The summed E-state index contributed by atoms with van der Waals surface area (Å²) in [5, 5.41) is 13.1. The molecule has 0 bridgehead atoms. The van der Waals surface area contributed by atoms with E-state index in [-0.39, 0.29) is 17.8 Å². The minimum atomic E-state index is -1.27. The Morgan fingerprint density at radius 1 is 1.19 bits per heavy atom. The fourth-order valence-corrected chi connectivity index (χ4v) is 4.71. The molecule has 0 unspecified atom stereocenters. The van der Waals surface area contributed by atoms with Gasteiger partial charge in [-0.05, 0) is 38.2 Å². The zero-order chi connectivity index (χ0) is 19.0. The zero-order valence-corrected chi connectivity index (χ0v) is 15.4. The minimum Gasteiger partial charge on any atom is -0.476 e. The van der Waals surface area contributed by atoms with E-state index in [9.17, 15) is 14.7 Å². The Morgan fingerprint density at radius 2 is 1.93 bits per heavy atom. The summed E-state index contributed by atoms with van der Waals surface area (Å²) in [6.45, 7) is 1.75. The molecular formula is C18H16N4O4S. The summed E-state index contributed by atoms with van der Waals surface area (Å²) in [7, 11) is 0. The van der Waals surface area contributed by atoms with E-state index in [1.807, 2.05) is 0 Å². The standard InChI is InChI=1S/C18H16N4O4S/c1-9-21-17(26-22-9)14-10-4-2-3-5-12(10)27-13(14)8-11(23)15-16(18(24)25)20-7-6-19-15/h6-7H,2-5,8H2,1H3,(H,24,25). The van der Waals surface area contributed by atoms with E-state index in [0.29, 0.717) is 11.7 Å². The van der Waals surface area contributed by atoms with Crippen LogP contribution in [0.1, 0.15) is 55.0 Å². The average molecular weight is 384 g/mol. The highest BCUT2D eigenvalue weighted by Crippen LogP contribution is 2.40. The molecule has 1 aliphatic rings. The number of hydrogen-bond donors (Lipinski definition) is 1. The van der Waals surface area contributed by atoms with Gasteiger partial charge in [-0.1, -0.05) is 5.16 Å². The molecule has 1 aliphatic carbocycles. The molecule has 8 nitrogen and oxygen atoms in total. The molecule has 138 valence electrons. The fraction of sp³-hybridized carbons (Fsp3) is 0.333. The number of carbonyl (C=O) groups excluding carboxylic acids is 1. The molecule has 1 N–H and O–H groups in total. The molecule has 9 heteroatoms. The first-order valence-electron chi connectivity index (χ1n) is 8.56. The van der Waals surface area contributed by atoms with E-state index in [2.05, 4.69) is 20.1 Å². The van der Waals surface area contributed by atoms with E-state index in [1.165, 1.54) is 17.3 Å². The predicted molar refractivity (Wildman–Crippen MR) is 96.0 cm³/mol. The Bertz CT molecular complexity index is 1040. The second-order valence-electron chi connectivity index (χ2n) is 6.31. The fourth-order valence-electron chi connectivity index (χ4n) is 3.32. The van der Waals surface area contributed by atoms with Gasteiger partial charge in [0.05, 0.1) is 5.56 Å². The second-order valence-corrected chi connectivity index (χ2v) is 7.50. The molecule has 27 heavy (non-hydrogen) atoms. The van der Waals surface area contributed by atoms with Crippen molar-refractivity contribution in [2.24, 2.45) is 0 Å². The molecule has 0 aromatic carbocycles. The molecule has 0 saturated heterocycles. The topological polar surface area (TPSA) is 119 Å². The van der Waals surface area contributed by atoms with Crippen LogP contribution in [0.3, 0.4) is 0 Å². The summed E-state index contributed by atoms with van der Waals surface area (Å²) in [6, 6.07) is 0. The summed E-state index contributed by atoms with van der Waals surface area (Å²) in [6.07, 6.45) is 6.65. The second kappa shape index (κ2) is 6.99. The van der Waals surface area contributed by atoms with Crippen LogP contribution in [0, 0.1) is 6.92 Å². The number of fused-ring (bicyclic) bond motifs is 1. The first-order chi connectivity index (χ1) is 13.0. The van der Waals surface area contributed by atoms with Crippen molar-refractivity contribution < 1.29 is 19.2 Å². The van der Waals surface area contributed by atoms with Crippen molar-refractivity contribution in [3.05, 3.63) is 44.9 Å². The van der Waals surface area contributed by atoms with Gasteiger partial charge in [0.15, 0.2) is 17.3 Å². The van der Waals surface area contributed by atoms with Crippen molar-refractivity contribution in [1.29, 1.82) is 0 Å². The monoisotopic (exact) mass is 384 g/mol. The van der Waals surface area contributed by atoms with Gasteiger partial charge >= 0.3 is 5.97 Å². The highest BCUT2D eigenvalue weighted by atomic mass is 32.1. The summed E-state index contributed by atoms with van der Waals surface area (Å²) in [4.78, 5) is 38.2. The lowest BCUT2D eigenvalue weighted by molar-refractivity contribution is 0.0684. The van der Waals surface area contributed by atoms with Gasteiger partial charge < -0.3 is 9.63 Å². The van der Waals surface area contributed by atoms with Crippen molar-refractivity contribution in [1.82, 2.24) is 20.1 Å². The van der Waals surface area contributed by atoms with Crippen LogP contribution >= 0.6 is 11.3 Å². The summed E-state index contributed by atoms with van der Waals surface area (Å²) in [5.41, 5.74) is 1.52. The van der Waals surface area contributed by atoms with E-state index >= 15 is 0 Å². The number of aromatic carboxylic acids is 1. The molecule has 0 atom stereocenters. The van der Waals surface area contributed by atoms with Gasteiger partial charge in [-0.3, -0.25) is 4.79 Å². The van der Waals surface area contributed by atoms with Crippen molar-refractivity contribution in [3.8, 4) is 11.5 Å². The van der Waals surface area contributed by atoms with Crippen LogP contribution in [0.25, 0.3) is 11.5 Å². The van der Waals surface area contributed by atoms with Gasteiger partial charge in [0.1, 0.15) is 5.69 Å². The molecule has 3 aromatic heterocycles. The Morgan fingerprint density at radius 3 is 2.63 bits per heavy atom. The molecule has 0 saturated carbocycles. The van der Waals surface area contributed by atoms with Gasteiger partial charge in [0.2, 0.25) is 0 Å². The normalized spacial score (nSPS) is 13.4. The number of carbonyl (C=O) groups is 2. The molecule has 4 rings (SSSR count). The number of rotatable bonds is 5. The van der Waals surface area contributed by atoms with Gasteiger partial charge in [-0.2, -0.15) is 4.98 Å². The highest BCUT2D eigenvalue weighted by Gasteiger charge is 2.28. The third-order valence-corrected chi connectivity index (χ3v) is 5.76. The summed E-state index contributed by atoms with van der Waals surface area (Å²) >= 11 is 1.56. The number of aryl methyl sites for hydroxylation is 2. The van der Waals surface area contributed by atoms with Gasteiger partial charge in [-0.15, -0.1) is 11.3 Å². The number of carboxylic acid groups (broad SMARTS) is 1.